The van der Waals surface area contributed by atoms with Gasteiger partial charge in [-0.05, 0) is 12.1 Å². The molecule has 0 aliphatic heterocycles. The Balaban J connectivity index is 1.47. The summed E-state index contributed by atoms with van der Waals surface area (Å²) in [5.74, 6) is -0.794. The molecule has 4 aromatic rings. The first-order valence-electron chi connectivity index (χ1n) is 8.36. The third-order valence-corrected chi connectivity index (χ3v) is 4.67. The maximum absolute atomic E-state index is 13.5. The van der Waals surface area contributed by atoms with Crippen LogP contribution in [0.1, 0.15) is 32.9 Å². The fraction of sp³-hybridized carbons (Fsp3) is 0.111. The Bertz CT molecular complexity index is 1200. The molecular weight excluding hydrogens is 399 g/mol. The molecule has 0 atom stereocenters. The summed E-state index contributed by atoms with van der Waals surface area (Å²) in [6.45, 7) is 1.70. The summed E-state index contributed by atoms with van der Waals surface area (Å²) in [6.07, 6.45) is 2.49. The van der Waals surface area contributed by atoms with Crippen LogP contribution < -0.4 is 5.32 Å². The number of Topliss-reactive ketones (excluding diaryl/α,β-unsaturated/α-hetero) is 1. The molecule has 0 bridgehead atoms. The normalized spacial score (nSPS) is 10.8. The van der Waals surface area contributed by atoms with E-state index in [2.05, 4.69) is 25.5 Å². The number of thiazole rings is 1. The summed E-state index contributed by atoms with van der Waals surface area (Å²) in [6, 6.07) is 5.66. The third kappa shape index (κ3) is 4.09. The monoisotopic (exact) mass is 412 g/mol. The van der Waals surface area contributed by atoms with Crippen LogP contribution in [-0.4, -0.2) is 36.7 Å². The summed E-state index contributed by atoms with van der Waals surface area (Å²) in [4.78, 5) is 33.3. The van der Waals surface area contributed by atoms with Gasteiger partial charge < -0.3 is 9.73 Å². The molecule has 0 aliphatic rings. The molecule has 0 spiro atoms. The highest BCUT2D eigenvalue weighted by Crippen LogP contribution is 2.24. The van der Waals surface area contributed by atoms with E-state index in [-0.39, 0.29) is 29.6 Å². The molecule has 29 heavy (non-hydrogen) atoms. The summed E-state index contributed by atoms with van der Waals surface area (Å²) in [5.41, 5.74) is 0.777. The molecule has 0 fully saturated rings. The molecule has 0 saturated carbocycles. The van der Waals surface area contributed by atoms with Crippen molar-refractivity contribution >= 4 is 28.8 Å². The van der Waals surface area contributed by atoms with Crippen molar-refractivity contribution in [3.8, 4) is 11.3 Å². The molecular formula is C18H13FN6O3S. The largest absolute Gasteiger partial charge is 0.443 e. The van der Waals surface area contributed by atoms with Crippen molar-refractivity contribution in [2.24, 2.45) is 0 Å². The van der Waals surface area contributed by atoms with Crippen molar-refractivity contribution in [1.29, 1.82) is 0 Å². The third-order valence-electron chi connectivity index (χ3n) is 3.84. The molecule has 1 N–H and O–H groups in total. The van der Waals surface area contributed by atoms with E-state index in [0.29, 0.717) is 16.3 Å². The molecule has 0 radical (unpaired) electrons. The van der Waals surface area contributed by atoms with Gasteiger partial charge in [-0.3, -0.25) is 9.59 Å². The highest BCUT2D eigenvalue weighted by molar-refractivity contribution is 7.09. The molecule has 0 saturated heterocycles. The number of benzene rings is 1. The lowest BCUT2D eigenvalue weighted by atomic mass is 10.1. The fourth-order valence-corrected chi connectivity index (χ4v) is 3.32. The summed E-state index contributed by atoms with van der Waals surface area (Å²) in [7, 11) is 0. The Kier molecular flexibility index (Phi) is 4.96. The SMILES string of the molecule is CC(=O)c1csc(Cn2ncc(NC(=O)c3ncoc3-c3cccc(F)c3)n2)n1. The maximum atomic E-state index is 13.5. The Morgan fingerprint density at radius 1 is 1.34 bits per heavy atom. The van der Waals surface area contributed by atoms with Crippen LogP contribution in [0.2, 0.25) is 0 Å². The predicted molar refractivity (Wildman–Crippen MR) is 101 cm³/mol. The number of rotatable bonds is 6. The van der Waals surface area contributed by atoms with Crippen molar-refractivity contribution in [1.82, 2.24) is 25.0 Å². The number of ketones is 1. The Hall–Kier alpha value is -3.73. The van der Waals surface area contributed by atoms with Gasteiger partial charge in [0.1, 0.15) is 23.1 Å². The van der Waals surface area contributed by atoms with Crippen molar-refractivity contribution in [3.63, 3.8) is 0 Å². The van der Waals surface area contributed by atoms with Crippen molar-refractivity contribution in [3.05, 3.63) is 64.4 Å². The van der Waals surface area contributed by atoms with Gasteiger partial charge in [0, 0.05) is 17.9 Å². The van der Waals surface area contributed by atoms with Gasteiger partial charge in [-0.15, -0.1) is 16.4 Å². The minimum absolute atomic E-state index is 0.00354. The zero-order chi connectivity index (χ0) is 20.4. The number of halogens is 1. The quantitative estimate of drug-likeness (QED) is 0.484. The molecule has 1 amide bonds. The Labute approximate surface area is 167 Å². The van der Waals surface area contributed by atoms with E-state index < -0.39 is 11.7 Å². The van der Waals surface area contributed by atoms with Gasteiger partial charge in [-0.25, -0.2) is 14.4 Å². The zero-order valence-corrected chi connectivity index (χ0v) is 15.8. The van der Waals surface area contributed by atoms with Gasteiger partial charge in [0.2, 0.25) is 0 Å². The summed E-state index contributed by atoms with van der Waals surface area (Å²) >= 11 is 1.32. The second-order valence-electron chi connectivity index (χ2n) is 5.94. The van der Waals surface area contributed by atoms with Gasteiger partial charge in [0.05, 0.1) is 6.20 Å². The molecule has 3 heterocycles. The van der Waals surface area contributed by atoms with Crippen molar-refractivity contribution in [2.45, 2.75) is 13.5 Å². The highest BCUT2D eigenvalue weighted by Gasteiger charge is 2.20. The first kappa shape index (κ1) is 18.6. The average Bonchev–Trinajstić information content (AvgIpc) is 3.42. The number of nitrogens with zero attached hydrogens (tertiary/aromatic N) is 5. The van der Waals surface area contributed by atoms with Gasteiger partial charge in [0.25, 0.3) is 5.91 Å². The first-order chi connectivity index (χ1) is 14.0. The molecule has 146 valence electrons. The zero-order valence-electron chi connectivity index (χ0n) is 15.0. The van der Waals surface area contributed by atoms with Crippen molar-refractivity contribution in [2.75, 3.05) is 5.32 Å². The molecule has 0 unspecified atom stereocenters. The lowest BCUT2D eigenvalue weighted by Gasteiger charge is -2.02. The van der Waals surface area contributed by atoms with Crippen LogP contribution in [0, 0.1) is 5.82 Å². The van der Waals surface area contributed by atoms with Crippen LogP contribution in [0.5, 0.6) is 0 Å². The maximum Gasteiger partial charge on any atom is 0.279 e. The molecule has 9 nitrogen and oxygen atoms in total. The number of carbonyl (C=O) groups is 2. The number of aromatic nitrogens is 5. The van der Waals surface area contributed by atoms with Gasteiger partial charge >= 0.3 is 0 Å². The minimum atomic E-state index is -0.571. The Morgan fingerprint density at radius 3 is 2.97 bits per heavy atom. The molecule has 1 aromatic carbocycles. The van der Waals surface area contributed by atoms with E-state index in [1.54, 1.807) is 11.4 Å². The number of hydrogen-bond acceptors (Lipinski definition) is 8. The van der Waals surface area contributed by atoms with Crippen LogP contribution in [0.15, 0.2) is 46.7 Å². The predicted octanol–water partition coefficient (Wildman–Crippen LogP) is 3.03. The number of amides is 1. The van der Waals surface area contributed by atoms with E-state index in [4.69, 9.17) is 4.42 Å². The summed E-state index contributed by atoms with van der Waals surface area (Å²) in [5, 5.41) is 13.1. The minimum Gasteiger partial charge on any atom is -0.443 e. The van der Waals surface area contributed by atoms with E-state index in [9.17, 15) is 14.0 Å². The lowest BCUT2D eigenvalue weighted by Crippen LogP contribution is -2.14. The number of oxazole rings is 1. The van der Waals surface area contributed by atoms with E-state index in [0.717, 1.165) is 6.39 Å². The number of anilines is 1. The van der Waals surface area contributed by atoms with E-state index >= 15 is 0 Å². The van der Waals surface area contributed by atoms with Crippen LogP contribution in [0.25, 0.3) is 11.3 Å². The van der Waals surface area contributed by atoms with Crippen molar-refractivity contribution < 1.29 is 18.4 Å². The van der Waals surface area contributed by atoms with Gasteiger partial charge in [0.15, 0.2) is 29.4 Å². The fourth-order valence-electron chi connectivity index (χ4n) is 2.51. The lowest BCUT2D eigenvalue weighted by molar-refractivity contribution is 0.100. The first-order valence-corrected chi connectivity index (χ1v) is 9.24. The standard InChI is InChI=1S/C18H13FN6O3S/c1-10(26)13-8-29-15(22-13)7-25-21-6-14(24-25)23-18(27)16-17(28-9-20-16)11-3-2-4-12(19)5-11/h2-6,8-9H,7H2,1H3,(H,23,24,27). The Morgan fingerprint density at radius 2 is 2.21 bits per heavy atom. The number of hydrogen-bond donors (Lipinski definition) is 1. The second-order valence-corrected chi connectivity index (χ2v) is 6.88. The van der Waals surface area contributed by atoms with Gasteiger partial charge in [-0.1, -0.05) is 12.1 Å². The molecule has 4 rings (SSSR count). The van der Waals surface area contributed by atoms with E-state index in [1.165, 1.54) is 47.5 Å². The highest BCUT2D eigenvalue weighted by atomic mass is 32.1. The molecule has 0 aliphatic carbocycles. The topological polar surface area (TPSA) is 116 Å². The number of carbonyl (C=O) groups excluding carboxylic acids is 2. The average molecular weight is 412 g/mol. The van der Waals surface area contributed by atoms with Crippen LogP contribution >= 0.6 is 11.3 Å². The second kappa shape index (κ2) is 7.72. The number of nitrogens with one attached hydrogen (secondary N) is 1. The van der Waals surface area contributed by atoms with Crippen LogP contribution in [0.4, 0.5) is 10.2 Å². The van der Waals surface area contributed by atoms with Crippen LogP contribution in [-0.2, 0) is 6.54 Å². The van der Waals surface area contributed by atoms with Crippen LogP contribution in [0.3, 0.4) is 0 Å². The summed E-state index contributed by atoms with van der Waals surface area (Å²) < 4.78 is 18.7. The van der Waals surface area contributed by atoms with Gasteiger partial charge in [-0.2, -0.15) is 9.90 Å². The molecule has 11 heteroatoms. The van der Waals surface area contributed by atoms with E-state index in [1.807, 2.05) is 0 Å². The molecule has 3 aromatic heterocycles. The smallest absolute Gasteiger partial charge is 0.279 e.